The van der Waals surface area contributed by atoms with Gasteiger partial charge in [-0.15, -0.1) is 11.3 Å². The van der Waals surface area contributed by atoms with Crippen LogP contribution in [-0.4, -0.2) is 14.3 Å². The second kappa shape index (κ2) is 5.02. The van der Waals surface area contributed by atoms with Crippen LogP contribution in [0.5, 0.6) is 0 Å². The maximum atomic E-state index is 12.0. The van der Waals surface area contributed by atoms with E-state index in [2.05, 4.69) is 4.72 Å². The molecule has 0 saturated heterocycles. The van der Waals surface area contributed by atoms with Crippen molar-refractivity contribution in [3.8, 4) is 0 Å². The third-order valence-electron chi connectivity index (χ3n) is 2.40. The summed E-state index contributed by atoms with van der Waals surface area (Å²) in [5.74, 6) is -0.553. The van der Waals surface area contributed by atoms with Crippen molar-refractivity contribution in [2.45, 2.75) is 11.1 Å². The Morgan fingerprint density at radius 1 is 1.16 bits per heavy atom. The first kappa shape index (κ1) is 13.6. The van der Waals surface area contributed by atoms with Gasteiger partial charge in [-0.2, -0.15) is 0 Å². The molecule has 2 aromatic rings. The number of carbonyl (C=O) groups excluding carboxylic acids is 1. The average molecular weight is 296 g/mol. The minimum Gasteiger partial charge on any atom is -0.366 e. The number of sulfonamides is 1. The van der Waals surface area contributed by atoms with Gasteiger partial charge in [0.15, 0.2) is 0 Å². The lowest BCUT2D eigenvalue weighted by atomic mass is 10.2. The van der Waals surface area contributed by atoms with Crippen LogP contribution in [0.1, 0.15) is 15.2 Å². The van der Waals surface area contributed by atoms with Crippen LogP contribution in [0.4, 0.5) is 5.69 Å². The summed E-state index contributed by atoms with van der Waals surface area (Å²) in [5, 5.41) is 0. The zero-order valence-corrected chi connectivity index (χ0v) is 11.7. The summed E-state index contributed by atoms with van der Waals surface area (Å²) >= 11 is 1.20. The lowest BCUT2D eigenvalue weighted by Crippen LogP contribution is -2.13. The van der Waals surface area contributed by atoms with Gasteiger partial charge in [-0.25, -0.2) is 8.42 Å². The number of hydrogen-bond acceptors (Lipinski definition) is 4. The molecule has 5 nitrogen and oxygen atoms in total. The molecule has 1 heterocycles. The average Bonchev–Trinajstić information content (AvgIpc) is 2.77. The number of carbonyl (C=O) groups is 1. The fourth-order valence-electron chi connectivity index (χ4n) is 1.46. The molecule has 1 aromatic heterocycles. The fraction of sp³-hybridized carbons (Fsp3) is 0.0833. The van der Waals surface area contributed by atoms with Crippen molar-refractivity contribution >= 4 is 33.0 Å². The summed E-state index contributed by atoms with van der Waals surface area (Å²) in [6, 6.07) is 9.24. The molecule has 0 aliphatic carbocycles. The summed E-state index contributed by atoms with van der Waals surface area (Å²) < 4.78 is 26.8. The minimum absolute atomic E-state index is 0.254. The van der Waals surface area contributed by atoms with Crippen LogP contribution in [0, 0.1) is 6.92 Å². The van der Waals surface area contributed by atoms with Crippen molar-refractivity contribution in [1.82, 2.24) is 0 Å². The SMILES string of the molecule is Cc1ccc(S(=O)(=O)Nc2ccc(C(N)=O)cc2)s1. The topological polar surface area (TPSA) is 89.3 Å². The standard InChI is InChI=1S/C12H12N2O3S2/c1-8-2-7-11(18-8)19(16,17)14-10-5-3-9(4-6-10)12(13)15/h2-7,14H,1H3,(H2,13,15). The molecule has 0 bridgehead atoms. The quantitative estimate of drug-likeness (QED) is 0.903. The fourth-order valence-corrected chi connectivity index (χ4v) is 3.81. The number of benzene rings is 1. The summed E-state index contributed by atoms with van der Waals surface area (Å²) in [6.45, 7) is 1.84. The van der Waals surface area contributed by atoms with Gasteiger partial charge in [0.05, 0.1) is 0 Å². The third kappa shape index (κ3) is 3.12. The van der Waals surface area contributed by atoms with Crippen LogP contribution < -0.4 is 10.5 Å². The molecule has 0 aliphatic heterocycles. The molecule has 3 N–H and O–H groups in total. The normalized spacial score (nSPS) is 11.2. The second-order valence-corrected chi connectivity index (χ2v) is 7.11. The van der Waals surface area contributed by atoms with Crippen molar-refractivity contribution in [2.75, 3.05) is 4.72 Å². The Morgan fingerprint density at radius 3 is 2.26 bits per heavy atom. The molecule has 0 aliphatic rings. The maximum absolute atomic E-state index is 12.0. The molecule has 1 amide bonds. The molecule has 0 unspecified atom stereocenters. The predicted molar refractivity (Wildman–Crippen MR) is 74.8 cm³/mol. The largest absolute Gasteiger partial charge is 0.366 e. The summed E-state index contributed by atoms with van der Waals surface area (Å²) in [5.41, 5.74) is 5.82. The van der Waals surface area contributed by atoms with Crippen LogP contribution in [0.25, 0.3) is 0 Å². The minimum atomic E-state index is -3.57. The molecule has 0 atom stereocenters. The van der Waals surface area contributed by atoms with Gasteiger partial charge < -0.3 is 5.73 Å². The van der Waals surface area contributed by atoms with E-state index in [1.165, 1.54) is 35.6 Å². The molecule has 0 fully saturated rings. The van der Waals surface area contributed by atoms with Crippen LogP contribution in [0.2, 0.25) is 0 Å². The number of thiophene rings is 1. The number of primary amides is 1. The third-order valence-corrected chi connectivity index (χ3v) is 5.28. The highest BCUT2D eigenvalue weighted by atomic mass is 32.2. The van der Waals surface area contributed by atoms with E-state index in [0.717, 1.165) is 4.88 Å². The van der Waals surface area contributed by atoms with E-state index < -0.39 is 15.9 Å². The lowest BCUT2D eigenvalue weighted by Gasteiger charge is -2.06. The Bertz CT molecular complexity index is 703. The zero-order chi connectivity index (χ0) is 14.0. The van der Waals surface area contributed by atoms with Crippen LogP contribution >= 0.6 is 11.3 Å². The molecule has 7 heteroatoms. The first-order valence-corrected chi connectivity index (χ1v) is 7.67. The van der Waals surface area contributed by atoms with Crippen LogP contribution in [-0.2, 0) is 10.0 Å². The van der Waals surface area contributed by atoms with Gasteiger partial charge in [-0.3, -0.25) is 9.52 Å². The highest BCUT2D eigenvalue weighted by Gasteiger charge is 2.16. The van der Waals surface area contributed by atoms with E-state index in [1.54, 1.807) is 12.1 Å². The van der Waals surface area contributed by atoms with Gasteiger partial charge in [0.25, 0.3) is 10.0 Å². The highest BCUT2D eigenvalue weighted by Crippen LogP contribution is 2.23. The Hall–Kier alpha value is -1.86. The molecule has 2 rings (SSSR count). The van der Waals surface area contributed by atoms with Gasteiger partial charge in [0.2, 0.25) is 5.91 Å². The number of anilines is 1. The summed E-state index contributed by atoms with van der Waals surface area (Å²) in [4.78, 5) is 11.8. The van der Waals surface area contributed by atoms with Crippen LogP contribution in [0.15, 0.2) is 40.6 Å². The molecule has 0 saturated carbocycles. The van der Waals surface area contributed by atoms with Gasteiger partial charge in [0, 0.05) is 16.1 Å². The van der Waals surface area contributed by atoms with E-state index in [0.29, 0.717) is 11.3 Å². The number of hydrogen-bond donors (Lipinski definition) is 2. The summed E-state index contributed by atoms with van der Waals surface area (Å²) in [6.07, 6.45) is 0. The van der Waals surface area contributed by atoms with E-state index in [4.69, 9.17) is 5.73 Å². The Labute approximate surface area is 115 Å². The van der Waals surface area contributed by atoms with Gasteiger partial charge in [-0.05, 0) is 43.3 Å². The van der Waals surface area contributed by atoms with Crippen LogP contribution in [0.3, 0.4) is 0 Å². The molecule has 100 valence electrons. The van der Waals surface area contributed by atoms with Gasteiger partial charge in [-0.1, -0.05) is 0 Å². The monoisotopic (exact) mass is 296 g/mol. The second-order valence-electron chi connectivity index (χ2n) is 3.91. The van der Waals surface area contributed by atoms with Gasteiger partial charge in [0.1, 0.15) is 4.21 Å². The maximum Gasteiger partial charge on any atom is 0.271 e. The van der Waals surface area contributed by atoms with E-state index >= 15 is 0 Å². The molecule has 0 radical (unpaired) electrons. The lowest BCUT2D eigenvalue weighted by molar-refractivity contribution is 0.100. The Kier molecular flexibility index (Phi) is 3.59. The number of nitrogens with one attached hydrogen (secondary N) is 1. The number of rotatable bonds is 4. The highest BCUT2D eigenvalue weighted by molar-refractivity contribution is 7.94. The van der Waals surface area contributed by atoms with Crippen molar-refractivity contribution in [3.05, 3.63) is 46.8 Å². The first-order chi connectivity index (χ1) is 8.88. The molecular weight excluding hydrogens is 284 g/mol. The van der Waals surface area contributed by atoms with E-state index in [9.17, 15) is 13.2 Å². The molecule has 19 heavy (non-hydrogen) atoms. The van der Waals surface area contributed by atoms with Crippen molar-refractivity contribution in [3.63, 3.8) is 0 Å². The Morgan fingerprint density at radius 2 is 1.79 bits per heavy atom. The smallest absolute Gasteiger partial charge is 0.271 e. The first-order valence-electron chi connectivity index (χ1n) is 5.37. The number of amides is 1. The zero-order valence-electron chi connectivity index (χ0n) is 10.1. The van der Waals surface area contributed by atoms with Gasteiger partial charge >= 0.3 is 0 Å². The molecular formula is C12H12N2O3S2. The molecule has 1 aromatic carbocycles. The van der Waals surface area contributed by atoms with Crippen molar-refractivity contribution < 1.29 is 13.2 Å². The Balaban J connectivity index is 2.23. The van der Waals surface area contributed by atoms with E-state index in [-0.39, 0.29) is 4.21 Å². The molecule has 0 spiro atoms. The number of nitrogens with two attached hydrogens (primary N) is 1. The van der Waals surface area contributed by atoms with Crippen molar-refractivity contribution in [1.29, 1.82) is 0 Å². The van der Waals surface area contributed by atoms with Crippen molar-refractivity contribution in [2.24, 2.45) is 5.73 Å². The number of aryl methyl sites for hydroxylation is 1. The van der Waals surface area contributed by atoms with E-state index in [1.807, 2.05) is 6.92 Å². The summed E-state index contributed by atoms with van der Waals surface area (Å²) in [7, 11) is -3.57. The predicted octanol–water partition coefficient (Wildman–Crippen LogP) is 1.96.